The number of alkyl halides is 1. The first kappa shape index (κ1) is 22.7. The second-order valence-electron chi connectivity index (χ2n) is 7.99. The maximum absolute atomic E-state index is 6.29. The molecular weight excluding hydrogens is 368 g/mol. The van der Waals surface area contributed by atoms with Crippen LogP contribution in [0.2, 0.25) is 0 Å². The van der Waals surface area contributed by atoms with Crippen LogP contribution in [0, 0.1) is 5.92 Å². The molecule has 2 rings (SSSR count). The highest BCUT2D eigenvalue weighted by atomic mass is 35.5. The first-order chi connectivity index (χ1) is 13.6. The number of benzene rings is 1. The summed E-state index contributed by atoms with van der Waals surface area (Å²) in [5.41, 5.74) is 2.22. The lowest BCUT2D eigenvalue weighted by Gasteiger charge is -2.13. The van der Waals surface area contributed by atoms with Crippen molar-refractivity contribution in [1.29, 1.82) is 0 Å². The molecule has 0 saturated heterocycles. The molecular formula is C24H35ClN2O. The highest BCUT2D eigenvalue weighted by molar-refractivity contribution is 6.20. The Morgan fingerprint density at radius 2 is 1.57 bits per heavy atom. The van der Waals surface area contributed by atoms with Crippen molar-refractivity contribution in [3.05, 3.63) is 42.2 Å². The van der Waals surface area contributed by atoms with Crippen molar-refractivity contribution in [1.82, 2.24) is 9.97 Å². The van der Waals surface area contributed by atoms with Crippen LogP contribution in [0.15, 0.2) is 36.7 Å². The zero-order valence-corrected chi connectivity index (χ0v) is 18.4. The first-order valence-electron chi connectivity index (χ1n) is 10.8. The quantitative estimate of drug-likeness (QED) is 0.265. The molecule has 0 aliphatic carbocycles. The van der Waals surface area contributed by atoms with Crippen LogP contribution in [-0.4, -0.2) is 22.0 Å². The van der Waals surface area contributed by atoms with Crippen LogP contribution < -0.4 is 4.74 Å². The zero-order valence-electron chi connectivity index (χ0n) is 17.7. The molecule has 3 nitrogen and oxygen atoms in total. The van der Waals surface area contributed by atoms with E-state index in [1.54, 1.807) is 0 Å². The third-order valence-electron chi connectivity index (χ3n) is 4.79. The number of nitrogens with zero attached hydrogens (tertiary/aromatic N) is 2. The second-order valence-corrected chi connectivity index (χ2v) is 8.61. The minimum atomic E-state index is 0.0437. The Balaban J connectivity index is 1.78. The summed E-state index contributed by atoms with van der Waals surface area (Å²) in [5.74, 6) is 2.17. The molecule has 0 aliphatic heterocycles. The normalized spacial score (nSPS) is 12.3. The first-order valence-corrected chi connectivity index (χ1v) is 11.2. The summed E-state index contributed by atoms with van der Waals surface area (Å²) in [5, 5.41) is 0.0437. The van der Waals surface area contributed by atoms with E-state index in [-0.39, 0.29) is 5.38 Å². The predicted octanol–water partition coefficient (Wildman–Crippen LogP) is 7.08. The van der Waals surface area contributed by atoms with Crippen molar-refractivity contribution < 1.29 is 4.74 Å². The zero-order chi connectivity index (χ0) is 20.2. The fraction of sp³-hybridized carbons (Fsp3) is 0.583. The average Bonchev–Trinajstić information content (AvgIpc) is 2.69. The van der Waals surface area contributed by atoms with Gasteiger partial charge in [0.1, 0.15) is 12.4 Å². The minimum absolute atomic E-state index is 0.0437. The fourth-order valence-electron chi connectivity index (χ4n) is 3.21. The summed E-state index contributed by atoms with van der Waals surface area (Å²) >= 11 is 6.29. The van der Waals surface area contributed by atoms with Crippen LogP contribution in [-0.2, 0) is 6.42 Å². The van der Waals surface area contributed by atoms with E-state index < -0.39 is 0 Å². The number of hydrogen-bond acceptors (Lipinski definition) is 3. The molecule has 1 aromatic heterocycles. The Morgan fingerprint density at radius 3 is 2.21 bits per heavy atom. The molecule has 0 amide bonds. The van der Waals surface area contributed by atoms with Gasteiger partial charge in [-0.2, -0.15) is 0 Å². The van der Waals surface area contributed by atoms with Gasteiger partial charge in [0.15, 0.2) is 5.82 Å². The topological polar surface area (TPSA) is 35.0 Å². The Hall–Kier alpha value is -1.61. The lowest BCUT2D eigenvalue weighted by atomic mass is 10.1. The Bertz CT molecular complexity index is 655. The number of aromatic nitrogens is 2. The van der Waals surface area contributed by atoms with Gasteiger partial charge in [0, 0.05) is 18.0 Å². The maximum atomic E-state index is 6.29. The van der Waals surface area contributed by atoms with Gasteiger partial charge in [-0.15, -0.1) is 11.6 Å². The van der Waals surface area contributed by atoms with Crippen molar-refractivity contribution in [3.63, 3.8) is 0 Å². The van der Waals surface area contributed by atoms with Gasteiger partial charge in [-0.1, -0.05) is 52.9 Å². The number of rotatable bonds is 13. The molecule has 154 valence electrons. The molecule has 0 N–H and O–H groups in total. The van der Waals surface area contributed by atoms with Crippen molar-refractivity contribution in [3.8, 4) is 17.1 Å². The molecule has 0 radical (unpaired) electrons. The molecule has 4 heteroatoms. The highest BCUT2D eigenvalue weighted by Gasteiger charge is 2.09. The standard InChI is InChI=1S/C24H35ClN2O/c1-4-5-6-7-8-9-10-20-16-26-24(27-17-20)21-11-13-23(14-12-21)28-18-22(25)15-19(2)3/h11-14,16-17,19,22H,4-10,15,18H2,1-3H3. The minimum Gasteiger partial charge on any atom is -0.492 e. The lowest BCUT2D eigenvalue weighted by Crippen LogP contribution is -2.14. The van der Waals surface area contributed by atoms with Crippen molar-refractivity contribution in [2.75, 3.05) is 6.61 Å². The summed E-state index contributed by atoms with van der Waals surface area (Å²) in [6, 6.07) is 7.93. The number of hydrogen-bond donors (Lipinski definition) is 0. The second kappa shape index (κ2) is 12.8. The van der Waals surface area contributed by atoms with Crippen LogP contribution in [0.5, 0.6) is 5.75 Å². The molecule has 28 heavy (non-hydrogen) atoms. The van der Waals surface area contributed by atoms with E-state index in [4.69, 9.17) is 16.3 Å². The van der Waals surface area contributed by atoms with Gasteiger partial charge >= 0.3 is 0 Å². The van der Waals surface area contributed by atoms with Crippen LogP contribution in [0.4, 0.5) is 0 Å². The van der Waals surface area contributed by atoms with Gasteiger partial charge in [0.25, 0.3) is 0 Å². The van der Waals surface area contributed by atoms with Crippen molar-refractivity contribution in [2.45, 2.75) is 77.5 Å². The van der Waals surface area contributed by atoms with E-state index in [1.165, 1.54) is 44.1 Å². The van der Waals surface area contributed by atoms with Gasteiger partial charge < -0.3 is 4.74 Å². The van der Waals surface area contributed by atoms with E-state index in [0.717, 1.165) is 30.0 Å². The third-order valence-corrected chi connectivity index (χ3v) is 5.10. The van der Waals surface area contributed by atoms with E-state index in [1.807, 2.05) is 36.7 Å². The van der Waals surface area contributed by atoms with Crippen LogP contribution in [0.25, 0.3) is 11.4 Å². The predicted molar refractivity (Wildman–Crippen MR) is 119 cm³/mol. The Labute approximate surface area is 175 Å². The van der Waals surface area contributed by atoms with Gasteiger partial charge in [-0.25, -0.2) is 9.97 Å². The molecule has 1 aromatic carbocycles. The number of halogens is 1. The lowest BCUT2D eigenvalue weighted by molar-refractivity contribution is 0.301. The molecule has 0 fully saturated rings. The molecule has 1 atom stereocenters. The number of ether oxygens (including phenoxy) is 1. The summed E-state index contributed by atoms with van der Waals surface area (Å²) in [7, 11) is 0. The molecule has 0 spiro atoms. The van der Waals surface area contributed by atoms with E-state index in [2.05, 4.69) is 30.7 Å². The van der Waals surface area contributed by atoms with Gasteiger partial charge in [0.05, 0.1) is 5.38 Å². The summed E-state index contributed by atoms with van der Waals surface area (Å²) in [6.45, 7) is 7.12. The van der Waals surface area contributed by atoms with Gasteiger partial charge in [-0.05, 0) is 55.0 Å². The van der Waals surface area contributed by atoms with Crippen molar-refractivity contribution >= 4 is 11.6 Å². The van der Waals surface area contributed by atoms with E-state index in [9.17, 15) is 0 Å². The SMILES string of the molecule is CCCCCCCCc1cnc(-c2ccc(OCC(Cl)CC(C)C)cc2)nc1. The van der Waals surface area contributed by atoms with E-state index >= 15 is 0 Å². The Morgan fingerprint density at radius 1 is 0.929 bits per heavy atom. The number of aryl methyl sites for hydroxylation is 1. The Kier molecular flexibility index (Phi) is 10.3. The molecule has 1 unspecified atom stereocenters. The van der Waals surface area contributed by atoms with Gasteiger partial charge in [-0.3, -0.25) is 0 Å². The van der Waals surface area contributed by atoms with Gasteiger partial charge in [0.2, 0.25) is 0 Å². The summed E-state index contributed by atoms with van der Waals surface area (Å²) in [4.78, 5) is 9.08. The van der Waals surface area contributed by atoms with Crippen LogP contribution in [0.1, 0.15) is 71.3 Å². The molecule has 1 heterocycles. The average molecular weight is 403 g/mol. The molecule has 0 saturated carbocycles. The maximum Gasteiger partial charge on any atom is 0.159 e. The molecule has 0 bridgehead atoms. The number of unbranched alkanes of at least 4 members (excludes halogenated alkanes) is 5. The largest absolute Gasteiger partial charge is 0.492 e. The third kappa shape index (κ3) is 8.60. The summed E-state index contributed by atoms with van der Waals surface area (Å²) in [6.07, 6.45) is 13.8. The molecule has 0 aliphatic rings. The van der Waals surface area contributed by atoms with E-state index in [0.29, 0.717) is 12.5 Å². The highest BCUT2D eigenvalue weighted by Crippen LogP contribution is 2.21. The smallest absolute Gasteiger partial charge is 0.159 e. The van der Waals surface area contributed by atoms with Crippen molar-refractivity contribution in [2.24, 2.45) is 5.92 Å². The van der Waals surface area contributed by atoms with Crippen LogP contribution >= 0.6 is 11.6 Å². The summed E-state index contributed by atoms with van der Waals surface area (Å²) < 4.78 is 5.79. The fourth-order valence-corrected chi connectivity index (χ4v) is 3.63. The van der Waals surface area contributed by atoms with Crippen LogP contribution in [0.3, 0.4) is 0 Å². The monoisotopic (exact) mass is 402 g/mol. The molecule has 2 aromatic rings.